The van der Waals surface area contributed by atoms with E-state index in [1.807, 2.05) is 30.3 Å². The molecule has 1 fully saturated rings. The zero-order chi connectivity index (χ0) is 20.4. The topological polar surface area (TPSA) is 85.8 Å². The first-order valence-electron chi connectivity index (χ1n) is 9.41. The number of nitrogens with zero attached hydrogens (tertiary/aromatic N) is 2. The highest BCUT2D eigenvalue weighted by molar-refractivity contribution is 6.25. The number of cyclic esters (lactones) is 1. The molecule has 7 nitrogen and oxygen atoms in total. The van der Waals surface area contributed by atoms with E-state index in [1.54, 1.807) is 6.08 Å². The Bertz CT molecular complexity index is 1050. The SMILES string of the molecule is CC1=CC(=O)C(C(=O)/C=C/c2cc3ccccc3nc2N2CCOCC2)C(=O)O1. The van der Waals surface area contributed by atoms with E-state index >= 15 is 0 Å². The Labute approximate surface area is 167 Å². The van der Waals surface area contributed by atoms with Gasteiger partial charge in [-0.25, -0.2) is 4.98 Å². The molecule has 148 valence electrons. The Morgan fingerprint density at radius 1 is 1.21 bits per heavy atom. The van der Waals surface area contributed by atoms with E-state index in [-0.39, 0.29) is 5.76 Å². The molecule has 1 unspecified atom stereocenters. The molecular weight excluding hydrogens is 372 g/mol. The van der Waals surface area contributed by atoms with E-state index in [0.717, 1.165) is 22.3 Å². The molecule has 29 heavy (non-hydrogen) atoms. The molecule has 7 heteroatoms. The molecule has 3 heterocycles. The van der Waals surface area contributed by atoms with Gasteiger partial charge in [-0.2, -0.15) is 0 Å². The van der Waals surface area contributed by atoms with Crippen LogP contribution in [-0.2, 0) is 23.9 Å². The molecule has 0 N–H and O–H groups in total. The van der Waals surface area contributed by atoms with Crippen molar-refractivity contribution < 1.29 is 23.9 Å². The van der Waals surface area contributed by atoms with Crippen LogP contribution in [0.4, 0.5) is 5.82 Å². The van der Waals surface area contributed by atoms with Gasteiger partial charge in [-0.1, -0.05) is 18.2 Å². The summed E-state index contributed by atoms with van der Waals surface area (Å²) in [5.41, 5.74) is 1.59. The molecule has 1 saturated heterocycles. The minimum absolute atomic E-state index is 0.196. The van der Waals surface area contributed by atoms with Crippen molar-refractivity contribution in [2.24, 2.45) is 5.92 Å². The Morgan fingerprint density at radius 3 is 2.72 bits per heavy atom. The van der Waals surface area contributed by atoms with Crippen LogP contribution in [0.3, 0.4) is 0 Å². The predicted octanol–water partition coefficient (Wildman–Crippen LogP) is 2.30. The summed E-state index contributed by atoms with van der Waals surface area (Å²) in [7, 11) is 0. The minimum Gasteiger partial charge on any atom is -0.430 e. The Hall–Kier alpha value is -3.32. The number of rotatable bonds is 4. The van der Waals surface area contributed by atoms with E-state index in [9.17, 15) is 14.4 Å². The zero-order valence-corrected chi connectivity index (χ0v) is 16.0. The fourth-order valence-electron chi connectivity index (χ4n) is 3.44. The number of benzene rings is 1. The summed E-state index contributed by atoms with van der Waals surface area (Å²) >= 11 is 0. The van der Waals surface area contributed by atoms with Crippen LogP contribution in [0.5, 0.6) is 0 Å². The van der Waals surface area contributed by atoms with Crippen molar-refractivity contribution in [2.75, 3.05) is 31.2 Å². The third-order valence-electron chi connectivity index (χ3n) is 4.88. The monoisotopic (exact) mass is 392 g/mol. The zero-order valence-electron chi connectivity index (χ0n) is 16.0. The molecule has 1 aromatic carbocycles. The van der Waals surface area contributed by atoms with Gasteiger partial charge >= 0.3 is 5.97 Å². The second kappa shape index (κ2) is 7.97. The number of carbonyl (C=O) groups excluding carboxylic acids is 3. The van der Waals surface area contributed by atoms with Gasteiger partial charge in [-0.05, 0) is 31.2 Å². The van der Waals surface area contributed by atoms with Crippen molar-refractivity contribution in [3.8, 4) is 0 Å². The number of allylic oxidation sites excluding steroid dienone is 3. The Balaban J connectivity index is 1.68. The summed E-state index contributed by atoms with van der Waals surface area (Å²) < 4.78 is 10.4. The standard InChI is InChI=1S/C22H20N2O5/c1-14-12-19(26)20(22(27)29-14)18(25)7-6-16-13-15-4-2-3-5-17(15)23-21(16)24-8-10-28-11-9-24/h2-7,12-13,20H,8-11H2,1H3/b7-6+. The van der Waals surface area contributed by atoms with Gasteiger partial charge in [0.2, 0.25) is 0 Å². The lowest BCUT2D eigenvalue weighted by Crippen LogP contribution is -2.37. The number of ketones is 2. The van der Waals surface area contributed by atoms with Gasteiger partial charge in [-0.3, -0.25) is 14.4 Å². The van der Waals surface area contributed by atoms with Crippen molar-refractivity contribution in [3.63, 3.8) is 0 Å². The number of pyridine rings is 1. The molecule has 2 aliphatic heterocycles. The second-order valence-corrected chi connectivity index (χ2v) is 6.94. The number of esters is 1. The largest absolute Gasteiger partial charge is 0.430 e. The highest BCUT2D eigenvalue weighted by Gasteiger charge is 2.36. The van der Waals surface area contributed by atoms with Crippen molar-refractivity contribution >= 4 is 40.3 Å². The summed E-state index contributed by atoms with van der Waals surface area (Å²) in [5, 5.41) is 0.934. The summed E-state index contributed by atoms with van der Waals surface area (Å²) in [5.74, 6) is -2.51. The van der Waals surface area contributed by atoms with Gasteiger partial charge in [0.15, 0.2) is 17.5 Å². The summed E-state index contributed by atoms with van der Waals surface area (Å²) in [6.45, 7) is 4.09. The summed E-state index contributed by atoms with van der Waals surface area (Å²) in [6, 6.07) is 9.67. The minimum atomic E-state index is -1.45. The van der Waals surface area contributed by atoms with Crippen molar-refractivity contribution in [1.29, 1.82) is 0 Å². The van der Waals surface area contributed by atoms with Crippen molar-refractivity contribution in [3.05, 3.63) is 53.8 Å². The fraction of sp³-hybridized carbons (Fsp3) is 0.273. The number of carbonyl (C=O) groups is 3. The lowest BCUT2D eigenvalue weighted by Gasteiger charge is -2.29. The number of aromatic nitrogens is 1. The van der Waals surface area contributed by atoms with E-state index < -0.39 is 23.5 Å². The lowest BCUT2D eigenvalue weighted by atomic mass is 9.96. The number of anilines is 1. The van der Waals surface area contributed by atoms with Gasteiger partial charge in [0, 0.05) is 30.1 Å². The number of hydrogen-bond donors (Lipinski definition) is 0. The first kappa shape index (κ1) is 19.0. The molecule has 0 bridgehead atoms. The third-order valence-corrected chi connectivity index (χ3v) is 4.88. The van der Waals surface area contributed by atoms with Gasteiger partial charge in [0.25, 0.3) is 0 Å². The van der Waals surface area contributed by atoms with Crippen molar-refractivity contribution in [1.82, 2.24) is 4.98 Å². The number of para-hydroxylation sites is 1. The number of fused-ring (bicyclic) bond motifs is 1. The normalized spacial score (nSPS) is 20.1. The van der Waals surface area contributed by atoms with Gasteiger partial charge < -0.3 is 14.4 Å². The summed E-state index contributed by atoms with van der Waals surface area (Å²) in [4.78, 5) is 43.5. The average molecular weight is 392 g/mol. The first-order valence-corrected chi connectivity index (χ1v) is 9.41. The van der Waals surface area contributed by atoms with E-state index in [0.29, 0.717) is 26.3 Å². The van der Waals surface area contributed by atoms with Gasteiger partial charge in [0.1, 0.15) is 11.6 Å². The van der Waals surface area contributed by atoms with Crippen LogP contribution >= 0.6 is 0 Å². The summed E-state index contributed by atoms with van der Waals surface area (Å²) in [6.07, 6.45) is 4.04. The maximum atomic E-state index is 12.6. The highest BCUT2D eigenvalue weighted by Crippen LogP contribution is 2.26. The van der Waals surface area contributed by atoms with Crippen LogP contribution in [-0.4, -0.2) is 48.8 Å². The van der Waals surface area contributed by atoms with Crippen LogP contribution < -0.4 is 4.90 Å². The molecule has 2 aromatic rings. The maximum Gasteiger partial charge on any atom is 0.329 e. The van der Waals surface area contributed by atoms with Crippen LogP contribution in [0.15, 0.2) is 48.2 Å². The molecule has 0 aliphatic carbocycles. The number of hydrogen-bond acceptors (Lipinski definition) is 7. The molecule has 0 saturated carbocycles. The maximum absolute atomic E-state index is 12.6. The Kier molecular flexibility index (Phi) is 5.22. The van der Waals surface area contributed by atoms with Crippen LogP contribution in [0, 0.1) is 5.92 Å². The molecule has 2 aliphatic rings. The van der Waals surface area contributed by atoms with Crippen molar-refractivity contribution in [2.45, 2.75) is 6.92 Å². The fourth-order valence-corrected chi connectivity index (χ4v) is 3.44. The van der Waals surface area contributed by atoms with E-state index in [2.05, 4.69) is 4.90 Å². The van der Waals surface area contributed by atoms with Crippen LogP contribution in [0.2, 0.25) is 0 Å². The smallest absolute Gasteiger partial charge is 0.329 e. The van der Waals surface area contributed by atoms with Crippen LogP contribution in [0.25, 0.3) is 17.0 Å². The first-order chi connectivity index (χ1) is 14.0. The highest BCUT2D eigenvalue weighted by atomic mass is 16.5. The molecule has 0 radical (unpaired) electrons. The Morgan fingerprint density at radius 2 is 1.97 bits per heavy atom. The van der Waals surface area contributed by atoms with Gasteiger partial charge in [-0.15, -0.1) is 0 Å². The lowest BCUT2D eigenvalue weighted by molar-refractivity contribution is -0.151. The molecule has 0 amide bonds. The van der Waals surface area contributed by atoms with E-state index in [4.69, 9.17) is 14.5 Å². The second-order valence-electron chi connectivity index (χ2n) is 6.94. The van der Waals surface area contributed by atoms with Crippen LogP contribution in [0.1, 0.15) is 12.5 Å². The average Bonchev–Trinajstić information content (AvgIpc) is 2.71. The number of ether oxygens (including phenoxy) is 2. The third kappa shape index (κ3) is 3.95. The molecule has 1 atom stereocenters. The van der Waals surface area contributed by atoms with Gasteiger partial charge in [0.05, 0.1) is 18.7 Å². The molecule has 1 aromatic heterocycles. The number of morpholine rings is 1. The predicted molar refractivity (Wildman–Crippen MR) is 107 cm³/mol. The molecular formula is C22H20N2O5. The molecule has 0 spiro atoms. The van der Waals surface area contributed by atoms with E-state index in [1.165, 1.54) is 19.1 Å². The quantitative estimate of drug-likeness (QED) is 0.448. The molecule has 4 rings (SSSR count).